The number of methoxy groups -OCH3 is 1. The molecule has 0 aliphatic carbocycles. The summed E-state index contributed by atoms with van der Waals surface area (Å²) in [7, 11) is 1.44. The summed E-state index contributed by atoms with van der Waals surface area (Å²) in [5.41, 5.74) is 2.65. The molecule has 3 nitrogen and oxygen atoms in total. The van der Waals surface area contributed by atoms with Crippen LogP contribution in [0.5, 0.6) is 0 Å². The largest absolute Gasteiger partial charge is 0.503 e. The number of ether oxygens (including phenoxy) is 1. The van der Waals surface area contributed by atoms with Crippen LogP contribution in [0.4, 0.5) is 0 Å². The van der Waals surface area contributed by atoms with E-state index in [1.165, 1.54) is 24.1 Å². The lowest BCUT2D eigenvalue weighted by atomic mass is 10.00. The molecule has 3 aromatic rings. The first-order valence-electron chi connectivity index (χ1n) is 8.58. The predicted molar refractivity (Wildman–Crippen MR) is 111 cm³/mol. The second-order valence-corrected chi connectivity index (χ2v) is 5.98. The summed E-state index contributed by atoms with van der Waals surface area (Å²) in [4.78, 5) is 11.5. The molecule has 0 bridgehead atoms. The summed E-state index contributed by atoms with van der Waals surface area (Å²) < 4.78 is 4.91. The third-order valence-electron chi connectivity index (χ3n) is 4.17. The number of benzene rings is 3. The third kappa shape index (κ3) is 4.53. The molecule has 27 heavy (non-hydrogen) atoms. The van der Waals surface area contributed by atoms with Crippen LogP contribution in [0.3, 0.4) is 0 Å². The molecule has 0 saturated heterocycles. The minimum Gasteiger partial charge on any atom is -0.503 e. The van der Waals surface area contributed by atoms with Gasteiger partial charge in [-0.2, -0.15) is 0 Å². The zero-order chi connectivity index (χ0) is 19.1. The fourth-order valence-corrected chi connectivity index (χ4v) is 2.87. The van der Waals surface area contributed by atoms with Crippen LogP contribution < -0.4 is 0 Å². The van der Waals surface area contributed by atoms with Crippen LogP contribution in [0.15, 0.2) is 85.1 Å². The highest BCUT2D eigenvalue weighted by Gasteiger charge is 2.13. The molecule has 0 amide bonds. The molecule has 3 aromatic carbocycles. The molecular formula is C24H20O3. The van der Waals surface area contributed by atoms with Crippen molar-refractivity contribution in [2.24, 2.45) is 0 Å². The van der Waals surface area contributed by atoms with Gasteiger partial charge >= 0.3 is 5.97 Å². The molecular weight excluding hydrogens is 336 g/mol. The molecule has 1 N–H and O–H groups in total. The van der Waals surface area contributed by atoms with Gasteiger partial charge in [-0.1, -0.05) is 85.0 Å². The second-order valence-electron chi connectivity index (χ2n) is 5.98. The number of hydrogen-bond acceptors (Lipinski definition) is 2. The van der Waals surface area contributed by atoms with Crippen molar-refractivity contribution < 1.29 is 14.6 Å². The van der Waals surface area contributed by atoms with Crippen molar-refractivity contribution in [2.75, 3.05) is 7.11 Å². The SMILES string of the molecule is CO/C=C(/C(=O)O)c1ccccc1/C=C/C=C/c1ccc2ccccc2c1. The molecule has 0 saturated carbocycles. The Labute approximate surface area is 158 Å². The van der Waals surface area contributed by atoms with Crippen molar-refractivity contribution in [1.82, 2.24) is 0 Å². The number of carboxylic acid groups (broad SMARTS) is 1. The van der Waals surface area contributed by atoms with Gasteiger partial charge in [0.25, 0.3) is 0 Å². The zero-order valence-electron chi connectivity index (χ0n) is 15.0. The van der Waals surface area contributed by atoms with Gasteiger partial charge in [-0.3, -0.25) is 0 Å². The van der Waals surface area contributed by atoms with Crippen molar-refractivity contribution in [3.05, 3.63) is 102 Å². The van der Waals surface area contributed by atoms with E-state index in [1.807, 2.05) is 54.6 Å². The Morgan fingerprint density at radius 1 is 0.889 bits per heavy atom. The molecule has 0 aromatic heterocycles. The van der Waals surface area contributed by atoms with E-state index in [9.17, 15) is 9.90 Å². The number of aliphatic carboxylic acids is 1. The summed E-state index contributed by atoms with van der Waals surface area (Å²) in [5, 5.41) is 11.8. The van der Waals surface area contributed by atoms with Gasteiger partial charge < -0.3 is 9.84 Å². The lowest BCUT2D eigenvalue weighted by Gasteiger charge is -2.06. The summed E-state index contributed by atoms with van der Waals surface area (Å²) in [6, 6.07) is 21.9. The molecule has 0 radical (unpaired) electrons. The molecule has 0 aliphatic rings. The van der Waals surface area contributed by atoms with Gasteiger partial charge in [0.05, 0.1) is 13.4 Å². The van der Waals surface area contributed by atoms with Crippen molar-refractivity contribution >= 4 is 34.5 Å². The van der Waals surface area contributed by atoms with E-state index in [0.717, 1.165) is 11.1 Å². The van der Waals surface area contributed by atoms with Gasteiger partial charge in [-0.05, 0) is 33.5 Å². The maximum Gasteiger partial charge on any atom is 0.339 e. The van der Waals surface area contributed by atoms with Gasteiger partial charge in [0.2, 0.25) is 0 Å². The molecule has 0 atom stereocenters. The maximum absolute atomic E-state index is 11.5. The number of allylic oxidation sites excluding steroid dienone is 2. The minimum absolute atomic E-state index is 0.122. The van der Waals surface area contributed by atoms with Crippen LogP contribution in [0.2, 0.25) is 0 Å². The van der Waals surface area contributed by atoms with E-state index < -0.39 is 5.97 Å². The Hall–Kier alpha value is -3.59. The van der Waals surface area contributed by atoms with Gasteiger partial charge in [0.1, 0.15) is 5.57 Å². The lowest BCUT2D eigenvalue weighted by molar-refractivity contribution is -0.130. The van der Waals surface area contributed by atoms with Crippen LogP contribution in [-0.2, 0) is 9.53 Å². The Morgan fingerprint density at radius 2 is 1.59 bits per heavy atom. The number of hydrogen-bond donors (Lipinski definition) is 1. The van der Waals surface area contributed by atoms with E-state index in [-0.39, 0.29) is 5.57 Å². The Balaban J connectivity index is 1.82. The topological polar surface area (TPSA) is 46.5 Å². The molecule has 0 spiro atoms. The Morgan fingerprint density at radius 3 is 2.37 bits per heavy atom. The van der Waals surface area contributed by atoms with Crippen molar-refractivity contribution in [3.8, 4) is 0 Å². The first-order valence-corrected chi connectivity index (χ1v) is 8.58. The minimum atomic E-state index is -1.02. The second kappa shape index (κ2) is 8.68. The van der Waals surface area contributed by atoms with Gasteiger partial charge in [0.15, 0.2) is 0 Å². The number of rotatable bonds is 6. The predicted octanol–water partition coefficient (Wildman–Crippen LogP) is 5.64. The van der Waals surface area contributed by atoms with E-state index >= 15 is 0 Å². The Bertz CT molecular complexity index is 1040. The zero-order valence-corrected chi connectivity index (χ0v) is 15.0. The maximum atomic E-state index is 11.5. The average molecular weight is 356 g/mol. The van der Waals surface area contributed by atoms with Crippen LogP contribution in [0, 0.1) is 0 Å². The highest BCUT2D eigenvalue weighted by molar-refractivity contribution is 6.16. The van der Waals surface area contributed by atoms with Gasteiger partial charge in [-0.25, -0.2) is 4.79 Å². The number of carboxylic acids is 1. The quantitative estimate of drug-likeness (QED) is 0.353. The summed E-state index contributed by atoms with van der Waals surface area (Å²) in [5.74, 6) is -1.02. The first-order chi connectivity index (χ1) is 13.2. The van der Waals surface area contributed by atoms with E-state index in [0.29, 0.717) is 5.56 Å². The average Bonchev–Trinajstić information content (AvgIpc) is 2.69. The van der Waals surface area contributed by atoms with Crippen LogP contribution >= 0.6 is 0 Å². The summed E-state index contributed by atoms with van der Waals surface area (Å²) in [6.45, 7) is 0. The third-order valence-corrected chi connectivity index (χ3v) is 4.17. The van der Waals surface area contributed by atoms with Crippen LogP contribution in [0.1, 0.15) is 16.7 Å². The molecule has 0 aliphatic heterocycles. The van der Waals surface area contributed by atoms with Crippen LogP contribution in [0.25, 0.3) is 28.5 Å². The molecule has 0 heterocycles. The van der Waals surface area contributed by atoms with Gasteiger partial charge in [0, 0.05) is 0 Å². The highest BCUT2D eigenvalue weighted by Crippen LogP contribution is 2.21. The smallest absolute Gasteiger partial charge is 0.339 e. The summed E-state index contributed by atoms with van der Waals surface area (Å²) >= 11 is 0. The Kier molecular flexibility index (Phi) is 5.85. The lowest BCUT2D eigenvalue weighted by Crippen LogP contribution is -2.02. The number of carbonyl (C=O) groups is 1. The van der Waals surface area contributed by atoms with Crippen LogP contribution in [-0.4, -0.2) is 18.2 Å². The fourth-order valence-electron chi connectivity index (χ4n) is 2.87. The van der Waals surface area contributed by atoms with Crippen molar-refractivity contribution in [1.29, 1.82) is 0 Å². The molecule has 134 valence electrons. The van der Waals surface area contributed by atoms with E-state index in [2.05, 4.69) is 30.3 Å². The molecule has 3 rings (SSSR count). The normalized spacial score (nSPS) is 12.1. The molecule has 0 fully saturated rings. The van der Waals surface area contributed by atoms with Crippen molar-refractivity contribution in [2.45, 2.75) is 0 Å². The van der Waals surface area contributed by atoms with E-state index in [4.69, 9.17) is 4.74 Å². The standard InChI is InChI=1S/C24H20O3/c1-27-17-23(24(25)26)22-13-7-6-11-20(22)10-3-2-8-18-14-15-19-9-4-5-12-21(19)16-18/h2-17H,1H3,(H,25,26)/b8-2+,10-3+,23-17+. The van der Waals surface area contributed by atoms with Gasteiger partial charge in [-0.15, -0.1) is 0 Å². The molecule has 3 heteroatoms. The monoisotopic (exact) mass is 356 g/mol. The fraction of sp³-hybridized carbons (Fsp3) is 0.0417. The molecule has 0 unspecified atom stereocenters. The first kappa shape index (κ1) is 18.2. The van der Waals surface area contributed by atoms with Crippen molar-refractivity contribution in [3.63, 3.8) is 0 Å². The van der Waals surface area contributed by atoms with E-state index in [1.54, 1.807) is 6.07 Å². The highest BCUT2D eigenvalue weighted by atomic mass is 16.5. The summed E-state index contributed by atoms with van der Waals surface area (Å²) in [6.07, 6.45) is 9.01. The number of fused-ring (bicyclic) bond motifs is 1.